The molecule has 1 N–H and O–H groups in total. The third-order valence-electron chi connectivity index (χ3n) is 7.12. The molecule has 0 radical (unpaired) electrons. The van der Waals surface area contributed by atoms with E-state index in [2.05, 4.69) is 10.3 Å². The number of urea groups is 1. The highest BCUT2D eigenvalue weighted by Gasteiger charge is 2.58. The molecule has 7 nitrogen and oxygen atoms in total. The highest BCUT2D eigenvalue weighted by molar-refractivity contribution is 7.09. The second-order valence-electron chi connectivity index (χ2n) is 8.85. The van der Waals surface area contributed by atoms with Crippen molar-refractivity contribution in [1.82, 2.24) is 20.1 Å². The molecule has 2 fully saturated rings. The maximum Gasteiger partial charge on any atom is 0.325 e. The number of pyridine rings is 1. The second kappa shape index (κ2) is 10.0. The van der Waals surface area contributed by atoms with E-state index in [4.69, 9.17) is 0 Å². The molecule has 0 aromatic carbocycles. The summed E-state index contributed by atoms with van der Waals surface area (Å²) in [6, 6.07) is 9.11. The van der Waals surface area contributed by atoms with Gasteiger partial charge in [-0.2, -0.15) is 0 Å². The molecule has 2 saturated heterocycles. The number of carbonyl (C=O) groups excluding carboxylic acids is 3. The summed E-state index contributed by atoms with van der Waals surface area (Å²) < 4.78 is 0. The zero-order valence-electron chi connectivity index (χ0n) is 19.3. The van der Waals surface area contributed by atoms with Gasteiger partial charge in [-0.05, 0) is 55.7 Å². The van der Waals surface area contributed by atoms with Crippen LogP contribution in [-0.2, 0) is 21.5 Å². The van der Waals surface area contributed by atoms with Gasteiger partial charge >= 0.3 is 6.03 Å². The SMILES string of the molecule is CCC(CC)C(=O)N1CCC([C@]2(c3ccccn3)NC(=O)N(CCc3cccs3)C2=O)CC1. The smallest absolute Gasteiger partial charge is 0.325 e. The van der Waals surface area contributed by atoms with Gasteiger partial charge in [-0.1, -0.05) is 26.0 Å². The Balaban J connectivity index is 1.56. The van der Waals surface area contributed by atoms with Gasteiger partial charge in [0.05, 0.1) is 5.69 Å². The molecule has 2 aliphatic rings. The number of piperidine rings is 1. The maximum absolute atomic E-state index is 13.8. The predicted octanol–water partition coefficient (Wildman–Crippen LogP) is 3.81. The van der Waals surface area contributed by atoms with Gasteiger partial charge in [-0.3, -0.25) is 19.5 Å². The molecular formula is C25H32N4O3S. The summed E-state index contributed by atoms with van der Waals surface area (Å²) in [4.78, 5) is 48.6. The Bertz CT molecular complexity index is 969. The standard InChI is InChI=1S/C25H32N4O3S/c1-3-18(4-2)22(30)28-14-10-19(11-15-28)25(21-9-5-6-13-26-21)23(31)29(24(32)27-25)16-12-20-8-7-17-33-20/h5-9,13,17-19H,3-4,10-12,14-16H2,1-2H3,(H,27,32)/t25-/m1/s1. The van der Waals surface area contributed by atoms with Crippen molar-refractivity contribution in [2.24, 2.45) is 11.8 Å². The predicted molar refractivity (Wildman–Crippen MR) is 128 cm³/mol. The van der Waals surface area contributed by atoms with E-state index in [0.29, 0.717) is 44.6 Å². The topological polar surface area (TPSA) is 82.6 Å². The Labute approximate surface area is 199 Å². The van der Waals surface area contributed by atoms with E-state index >= 15 is 0 Å². The van der Waals surface area contributed by atoms with Crippen molar-refractivity contribution in [3.05, 3.63) is 52.5 Å². The van der Waals surface area contributed by atoms with Crippen LogP contribution in [0.5, 0.6) is 0 Å². The van der Waals surface area contributed by atoms with Crippen LogP contribution in [-0.4, -0.2) is 52.3 Å². The van der Waals surface area contributed by atoms with Crippen molar-refractivity contribution in [2.75, 3.05) is 19.6 Å². The number of amides is 4. The molecule has 0 aliphatic carbocycles. The molecule has 4 amide bonds. The van der Waals surface area contributed by atoms with Gasteiger partial charge in [0.1, 0.15) is 0 Å². The highest BCUT2D eigenvalue weighted by atomic mass is 32.1. The van der Waals surface area contributed by atoms with Crippen molar-refractivity contribution in [2.45, 2.75) is 51.5 Å². The van der Waals surface area contributed by atoms with E-state index in [-0.39, 0.29) is 29.7 Å². The summed E-state index contributed by atoms with van der Waals surface area (Å²) in [5, 5.41) is 5.04. The highest BCUT2D eigenvalue weighted by Crippen LogP contribution is 2.41. The molecule has 0 spiro atoms. The normalized spacial score (nSPS) is 21.7. The van der Waals surface area contributed by atoms with E-state index in [1.165, 1.54) is 4.90 Å². The van der Waals surface area contributed by atoms with Crippen LogP contribution in [0, 0.1) is 11.8 Å². The molecule has 2 aromatic rings. The van der Waals surface area contributed by atoms with Gasteiger partial charge in [0.15, 0.2) is 5.54 Å². The van der Waals surface area contributed by atoms with E-state index in [9.17, 15) is 14.4 Å². The Morgan fingerprint density at radius 3 is 2.55 bits per heavy atom. The number of rotatable bonds is 8. The van der Waals surface area contributed by atoms with E-state index in [0.717, 1.165) is 17.7 Å². The fourth-order valence-corrected chi connectivity index (χ4v) is 5.86. The first-order chi connectivity index (χ1) is 16.0. The lowest BCUT2D eigenvalue weighted by Gasteiger charge is -2.41. The monoisotopic (exact) mass is 468 g/mol. The average Bonchev–Trinajstić information content (AvgIpc) is 3.45. The minimum absolute atomic E-state index is 0.0480. The summed E-state index contributed by atoms with van der Waals surface area (Å²) in [5.74, 6) is -0.106. The van der Waals surface area contributed by atoms with Crippen molar-refractivity contribution < 1.29 is 14.4 Å². The van der Waals surface area contributed by atoms with Crippen LogP contribution < -0.4 is 5.32 Å². The molecule has 0 unspecified atom stereocenters. The summed E-state index contributed by atoms with van der Waals surface area (Å²) >= 11 is 1.62. The van der Waals surface area contributed by atoms with Crippen molar-refractivity contribution >= 4 is 29.2 Å². The molecule has 4 rings (SSSR count). The van der Waals surface area contributed by atoms with Gasteiger partial charge in [0, 0.05) is 42.5 Å². The fourth-order valence-electron chi connectivity index (χ4n) is 5.16. The fraction of sp³-hybridized carbons (Fsp3) is 0.520. The number of imide groups is 1. The third-order valence-corrected chi connectivity index (χ3v) is 8.05. The zero-order valence-corrected chi connectivity index (χ0v) is 20.1. The van der Waals surface area contributed by atoms with E-state index in [1.54, 1.807) is 17.5 Å². The molecule has 0 bridgehead atoms. The van der Waals surface area contributed by atoms with Crippen molar-refractivity contribution in [3.63, 3.8) is 0 Å². The molecule has 8 heteroatoms. The van der Waals surface area contributed by atoms with E-state index in [1.807, 2.05) is 54.5 Å². The number of nitrogens with zero attached hydrogens (tertiary/aromatic N) is 3. The molecule has 2 aliphatic heterocycles. The summed E-state index contributed by atoms with van der Waals surface area (Å²) in [5.41, 5.74) is -0.607. The zero-order chi connectivity index (χ0) is 23.4. The van der Waals surface area contributed by atoms with Crippen LogP contribution in [0.4, 0.5) is 4.79 Å². The molecule has 4 heterocycles. The Morgan fingerprint density at radius 2 is 1.94 bits per heavy atom. The second-order valence-corrected chi connectivity index (χ2v) is 9.88. The number of carbonyl (C=O) groups is 3. The quantitative estimate of drug-likeness (QED) is 0.598. The van der Waals surface area contributed by atoms with Gasteiger partial charge in [0.2, 0.25) is 5.91 Å². The lowest BCUT2D eigenvalue weighted by Crippen LogP contribution is -2.55. The first-order valence-corrected chi connectivity index (χ1v) is 12.8. The maximum atomic E-state index is 13.8. The van der Waals surface area contributed by atoms with Crippen LogP contribution in [0.3, 0.4) is 0 Å². The average molecular weight is 469 g/mol. The van der Waals surface area contributed by atoms with Crippen LogP contribution in [0.25, 0.3) is 0 Å². The Kier molecular flexibility index (Phi) is 7.12. The molecule has 2 aromatic heterocycles. The van der Waals surface area contributed by atoms with Crippen molar-refractivity contribution in [3.8, 4) is 0 Å². The third kappa shape index (κ3) is 4.40. The lowest BCUT2D eigenvalue weighted by molar-refractivity contribution is -0.139. The molecule has 0 saturated carbocycles. The van der Waals surface area contributed by atoms with Crippen LogP contribution in [0.2, 0.25) is 0 Å². The summed E-state index contributed by atoms with van der Waals surface area (Å²) in [6.07, 6.45) is 5.26. The molecule has 176 valence electrons. The minimum atomic E-state index is -1.18. The number of likely N-dealkylation sites (tertiary alicyclic amines) is 1. The summed E-state index contributed by atoms with van der Waals surface area (Å²) in [6.45, 7) is 5.62. The van der Waals surface area contributed by atoms with Crippen LogP contribution >= 0.6 is 11.3 Å². The first kappa shape index (κ1) is 23.4. The Morgan fingerprint density at radius 1 is 1.18 bits per heavy atom. The van der Waals surface area contributed by atoms with Crippen molar-refractivity contribution in [1.29, 1.82) is 0 Å². The first-order valence-electron chi connectivity index (χ1n) is 11.9. The number of thiophene rings is 1. The minimum Gasteiger partial charge on any atom is -0.342 e. The molecule has 1 atom stereocenters. The van der Waals surface area contributed by atoms with Gasteiger partial charge in [-0.15, -0.1) is 11.3 Å². The number of hydrogen-bond acceptors (Lipinski definition) is 5. The number of nitrogens with one attached hydrogen (secondary N) is 1. The number of aromatic nitrogens is 1. The number of hydrogen-bond donors (Lipinski definition) is 1. The van der Waals surface area contributed by atoms with E-state index < -0.39 is 5.54 Å². The summed E-state index contributed by atoms with van der Waals surface area (Å²) in [7, 11) is 0. The largest absolute Gasteiger partial charge is 0.342 e. The van der Waals surface area contributed by atoms with Gasteiger partial charge < -0.3 is 10.2 Å². The van der Waals surface area contributed by atoms with Crippen LogP contribution in [0.1, 0.15) is 50.1 Å². The van der Waals surface area contributed by atoms with Gasteiger partial charge in [0.25, 0.3) is 5.91 Å². The van der Waals surface area contributed by atoms with Gasteiger partial charge in [-0.25, -0.2) is 4.79 Å². The lowest BCUT2D eigenvalue weighted by atomic mass is 9.75. The van der Waals surface area contributed by atoms with Crippen LogP contribution in [0.15, 0.2) is 41.9 Å². The molecule has 33 heavy (non-hydrogen) atoms. The molecular weight excluding hydrogens is 436 g/mol. The Hall–Kier alpha value is -2.74.